The Labute approximate surface area is 242 Å². The van der Waals surface area contributed by atoms with Crippen molar-refractivity contribution < 1.29 is 9.90 Å². The lowest BCUT2D eigenvalue weighted by Crippen LogP contribution is -2.56. The van der Waals surface area contributed by atoms with E-state index >= 15 is 0 Å². The molecule has 2 aliphatic heterocycles. The fourth-order valence-electron chi connectivity index (χ4n) is 6.38. The fraction of sp³-hybridized carbons (Fsp3) is 0.382. The van der Waals surface area contributed by atoms with Crippen molar-refractivity contribution in [3.05, 3.63) is 94.0 Å². The second-order valence-electron chi connectivity index (χ2n) is 11.3. The van der Waals surface area contributed by atoms with Gasteiger partial charge in [0.25, 0.3) is 5.91 Å². The number of piperidine rings is 1. The van der Waals surface area contributed by atoms with Crippen LogP contribution in [0.25, 0.3) is 0 Å². The first-order valence-electron chi connectivity index (χ1n) is 14.4. The Morgan fingerprint density at radius 3 is 2.17 bits per heavy atom. The van der Waals surface area contributed by atoms with Crippen LogP contribution < -0.4 is 9.80 Å². The van der Waals surface area contributed by atoms with Gasteiger partial charge in [-0.05, 0) is 86.1 Å². The number of carbonyl (C=O) groups is 1. The molecular weight excluding hydrogens is 510 g/mol. The molecule has 0 spiro atoms. The van der Waals surface area contributed by atoms with E-state index in [1.54, 1.807) is 6.07 Å². The van der Waals surface area contributed by atoms with Gasteiger partial charge in [0.05, 0.1) is 35.2 Å². The van der Waals surface area contributed by atoms with Crippen molar-refractivity contribution in [2.75, 3.05) is 49.1 Å². The second-order valence-corrected chi connectivity index (χ2v) is 11.3. The molecule has 210 valence electrons. The van der Waals surface area contributed by atoms with E-state index in [9.17, 15) is 20.4 Å². The van der Waals surface area contributed by atoms with Crippen LogP contribution in [0.1, 0.15) is 51.0 Å². The summed E-state index contributed by atoms with van der Waals surface area (Å²) in [6.07, 6.45) is 3.01. The van der Waals surface area contributed by atoms with E-state index in [2.05, 4.69) is 41.0 Å². The number of piperazine rings is 1. The monoisotopic (exact) mass is 547 g/mol. The molecule has 1 atom stereocenters. The molecule has 0 bridgehead atoms. The van der Waals surface area contributed by atoms with Gasteiger partial charge in [0.15, 0.2) is 0 Å². The number of nitriles is 2. The number of benzene rings is 3. The normalized spacial score (nSPS) is 17.7. The Morgan fingerprint density at radius 2 is 1.51 bits per heavy atom. The van der Waals surface area contributed by atoms with Crippen LogP contribution >= 0.6 is 0 Å². The SMILES string of the molecule is Cc1cc(C)c(C(=O)N2CCN(c3ccccc3C#N)[C@H](CO)C2)cc1CC1CCN(c2ccccc2C#N)CC1. The molecule has 2 fully saturated rings. The predicted molar refractivity (Wildman–Crippen MR) is 161 cm³/mol. The van der Waals surface area contributed by atoms with E-state index in [1.165, 1.54) is 11.1 Å². The van der Waals surface area contributed by atoms with Gasteiger partial charge in [-0.1, -0.05) is 30.3 Å². The van der Waals surface area contributed by atoms with Gasteiger partial charge in [0, 0.05) is 38.3 Å². The minimum Gasteiger partial charge on any atom is -0.394 e. The number of nitrogens with zero attached hydrogens (tertiary/aromatic N) is 5. The van der Waals surface area contributed by atoms with Gasteiger partial charge in [-0.2, -0.15) is 10.5 Å². The van der Waals surface area contributed by atoms with Crippen molar-refractivity contribution in [2.24, 2.45) is 5.92 Å². The third-order valence-corrected chi connectivity index (χ3v) is 8.72. The van der Waals surface area contributed by atoms with Gasteiger partial charge < -0.3 is 19.8 Å². The minimum atomic E-state index is -0.274. The number of amides is 1. The number of hydrogen-bond donors (Lipinski definition) is 1. The third-order valence-electron chi connectivity index (χ3n) is 8.72. The van der Waals surface area contributed by atoms with E-state index in [0.29, 0.717) is 31.1 Å². The Morgan fingerprint density at radius 1 is 0.878 bits per heavy atom. The lowest BCUT2D eigenvalue weighted by atomic mass is 9.86. The molecule has 3 aromatic rings. The molecule has 0 radical (unpaired) electrons. The molecule has 5 rings (SSSR count). The van der Waals surface area contributed by atoms with Crippen molar-refractivity contribution in [2.45, 2.75) is 39.2 Å². The van der Waals surface area contributed by atoms with Gasteiger partial charge in [-0.3, -0.25) is 4.79 Å². The summed E-state index contributed by atoms with van der Waals surface area (Å²) in [6, 6.07) is 23.7. The maximum atomic E-state index is 13.8. The maximum Gasteiger partial charge on any atom is 0.254 e. The van der Waals surface area contributed by atoms with Crippen molar-refractivity contribution >= 4 is 17.3 Å². The first-order valence-corrected chi connectivity index (χ1v) is 14.4. The van der Waals surface area contributed by atoms with Gasteiger partial charge in [-0.15, -0.1) is 0 Å². The largest absolute Gasteiger partial charge is 0.394 e. The van der Waals surface area contributed by atoms with Crippen LogP contribution in [-0.2, 0) is 6.42 Å². The smallest absolute Gasteiger partial charge is 0.254 e. The van der Waals surface area contributed by atoms with Crippen LogP contribution in [-0.4, -0.2) is 61.3 Å². The molecule has 0 saturated carbocycles. The molecule has 0 aromatic heterocycles. The first-order chi connectivity index (χ1) is 19.9. The van der Waals surface area contributed by atoms with E-state index in [-0.39, 0.29) is 18.6 Å². The lowest BCUT2D eigenvalue weighted by Gasteiger charge is -2.42. The Bertz CT molecular complexity index is 1500. The van der Waals surface area contributed by atoms with Crippen LogP contribution in [0.5, 0.6) is 0 Å². The highest BCUT2D eigenvalue weighted by atomic mass is 16.3. The van der Waals surface area contributed by atoms with E-state index < -0.39 is 0 Å². The number of rotatable bonds is 6. The Hall–Kier alpha value is -4.33. The minimum absolute atomic E-state index is 0.00153. The maximum absolute atomic E-state index is 13.8. The summed E-state index contributed by atoms with van der Waals surface area (Å²) in [6.45, 7) is 7.35. The summed E-state index contributed by atoms with van der Waals surface area (Å²) in [5, 5.41) is 29.3. The molecule has 1 amide bonds. The zero-order valence-electron chi connectivity index (χ0n) is 23.9. The highest BCUT2D eigenvalue weighted by Gasteiger charge is 2.32. The number of carbonyl (C=O) groups excluding carboxylic acids is 1. The number of hydrogen-bond acceptors (Lipinski definition) is 6. The molecule has 2 aliphatic rings. The van der Waals surface area contributed by atoms with Crippen LogP contribution in [0.15, 0.2) is 60.7 Å². The first kappa shape index (κ1) is 28.2. The van der Waals surface area contributed by atoms with Gasteiger partial charge >= 0.3 is 0 Å². The van der Waals surface area contributed by atoms with Gasteiger partial charge in [0.2, 0.25) is 0 Å². The van der Waals surface area contributed by atoms with Crippen LogP contribution in [0, 0.1) is 42.4 Å². The molecule has 7 nitrogen and oxygen atoms in total. The highest BCUT2D eigenvalue weighted by Crippen LogP contribution is 2.30. The summed E-state index contributed by atoms with van der Waals surface area (Å²) in [4.78, 5) is 20.0. The topological polar surface area (TPSA) is 94.6 Å². The predicted octanol–water partition coefficient (Wildman–Crippen LogP) is 4.83. The molecule has 2 saturated heterocycles. The summed E-state index contributed by atoms with van der Waals surface area (Å²) in [5.74, 6) is 0.519. The molecule has 0 aliphatic carbocycles. The van der Waals surface area contributed by atoms with Crippen molar-refractivity contribution in [1.29, 1.82) is 10.5 Å². The summed E-state index contributed by atoms with van der Waals surface area (Å²) in [5.41, 5.74) is 7.25. The molecule has 3 aromatic carbocycles. The number of aliphatic hydroxyl groups excluding tert-OH is 1. The average Bonchev–Trinajstić information content (AvgIpc) is 3.02. The lowest BCUT2D eigenvalue weighted by molar-refractivity contribution is 0.0698. The van der Waals surface area contributed by atoms with E-state index in [1.807, 2.05) is 54.3 Å². The Kier molecular flexibility index (Phi) is 8.57. The fourth-order valence-corrected chi connectivity index (χ4v) is 6.38. The second kappa shape index (κ2) is 12.5. The van der Waals surface area contributed by atoms with Crippen molar-refractivity contribution in [3.63, 3.8) is 0 Å². The molecular formula is C34H37N5O2. The van der Waals surface area contributed by atoms with Gasteiger partial charge in [0.1, 0.15) is 12.1 Å². The quantitative estimate of drug-likeness (QED) is 0.475. The zero-order chi connectivity index (χ0) is 28.9. The number of anilines is 2. The molecule has 41 heavy (non-hydrogen) atoms. The van der Waals surface area contributed by atoms with Crippen LogP contribution in [0.3, 0.4) is 0 Å². The van der Waals surface area contributed by atoms with Crippen LogP contribution in [0.2, 0.25) is 0 Å². The molecule has 1 N–H and O–H groups in total. The zero-order valence-corrected chi connectivity index (χ0v) is 23.9. The summed E-state index contributed by atoms with van der Waals surface area (Å²) >= 11 is 0. The number of aliphatic hydroxyl groups is 1. The summed E-state index contributed by atoms with van der Waals surface area (Å²) < 4.78 is 0. The Balaban J connectivity index is 1.27. The van der Waals surface area contributed by atoms with Crippen LogP contribution in [0.4, 0.5) is 11.4 Å². The molecule has 0 unspecified atom stereocenters. The standard InChI is InChI=1S/C34H37N5O2/c1-24-17-25(2)31(19-29(24)18-26-11-13-37(14-12-26)32-9-5-3-7-27(32)20-35)34(41)38-15-16-39(30(22-38)23-40)33-10-6-4-8-28(33)21-36/h3-10,17,19,26,30,40H,11-16,18,22-23H2,1-2H3/t30-/m0/s1. The average molecular weight is 548 g/mol. The van der Waals surface area contributed by atoms with E-state index in [0.717, 1.165) is 60.4 Å². The highest BCUT2D eigenvalue weighted by molar-refractivity contribution is 5.96. The number of para-hydroxylation sites is 2. The van der Waals surface area contributed by atoms with Crippen molar-refractivity contribution in [3.8, 4) is 12.1 Å². The molecule has 2 heterocycles. The third kappa shape index (κ3) is 5.92. The molecule has 7 heteroatoms. The van der Waals surface area contributed by atoms with Gasteiger partial charge in [-0.25, -0.2) is 0 Å². The van der Waals surface area contributed by atoms with Crippen molar-refractivity contribution in [1.82, 2.24) is 4.90 Å². The summed E-state index contributed by atoms with van der Waals surface area (Å²) in [7, 11) is 0. The number of aryl methyl sites for hydroxylation is 2. The van der Waals surface area contributed by atoms with E-state index in [4.69, 9.17) is 0 Å².